The van der Waals surface area contributed by atoms with Gasteiger partial charge >= 0.3 is 0 Å². The van der Waals surface area contributed by atoms with E-state index in [1.165, 1.54) is 0 Å². The maximum Gasteiger partial charge on any atom is 0.240 e. The maximum atomic E-state index is 12.6. The van der Waals surface area contributed by atoms with Crippen molar-refractivity contribution in [1.82, 2.24) is 9.88 Å². The summed E-state index contributed by atoms with van der Waals surface area (Å²) in [7, 11) is 0. The third kappa shape index (κ3) is 4.15. The van der Waals surface area contributed by atoms with E-state index >= 15 is 0 Å². The molecule has 1 amide bonds. The Morgan fingerprint density at radius 2 is 1.97 bits per heavy atom. The van der Waals surface area contributed by atoms with Crippen molar-refractivity contribution in [1.29, 1.82) is 0 Å². The number of nitrogens with one attached hydrogen (secondary N) is 1. The first-order valence-electron chi connectivity index (χ1n) is 9.44. The fourth-order valence-electron chi connectivity index (χ4n) is 3.47. The summed E-state index contributed by atoms with van der Waals surface area (Å²) in [5.41, 5.74) is 3.43. The molecule has 0 bridgehead atoms. The first-order valence-corrected chi connectivity index (χ1v) is 10.2. The Morgan fingerprint density at radius 1 is 1.21 bits per heavy atom. The van der Waals surface area contributed by atoms with Crippen molar-refractivity contribution >= 4 is 39.0 Å². The fourth-order valence-corrected chi connectivity index (χ4v) is 3.83. The van der Waals surface area contributed by atoms with E-state index in [0.29, 0.717) is 25.3 Å². The molecule has 29 heavy (non-hydrogen) atoms. The van der Waals surface area contributed by atoms with Crippen molar-refractivity contribution in [2.45, 2.75) is 26.4 Å². The zero-order valence-corrected chi connectivity index (χ0v) is 17.6. The smallest absolute Gasteiger partial charge is 0.240 e. The molecule has 0 radical (unpaired) electrons. The van der Waals surface area contributed by atoms with Crippen molar-refractivity contribution in [2.75, 3.05) is 13.2 Å². The van der Waals surface area contributed by atoms with Crippen LogP contribution in [0.5, 0.6) is 11.5 Å². The van der Waals surface area contributed by atoms with Crippen LogP contribution in [0.1, 0.15) is 27.9 Å². The molecule has 1 aliphatic heterocycles. The standard InChI is InChI=1S/C22H21BrN2O4/c1-14-7-20-21(29-6-2-5-28-20)8-15(14)10-24-22(27)12-25-11-16(13-26)18-9-17(23)3-4-19(18)25/h3-4,7-9,11,13H,2,5-6,10,12H2,1H3,(H,24,27). The molecule has 3 aromatic rings. The highest BCUT2D eigenvalue weighted by atomic mass is 79.9. The minimum Gasteiger partial charge on any atom is -0.490 e. The van der Waals surface area contributed by atoms with Crippen molar-refractivity contribution in [3.8, 4) is 11.5 Å². The molecule has 0 spiro atoms. The number of aromatic nitrogens is 1. The van der Waals surface area contributed by atoms with Gasteiger partial charge in [0.2, 0.25) is 5.91 Å². The van der Waals surface area contributed by atoms with E-state index in [-0.39, 0.29) is 12.5 Å². The second-order valence-corrected chi connectivity index (χ2v) is 7.96. The molecule has 0 saturated heterocycles. The summed E-state index contributed by atoms with van der Waals surface area (Å²) in [4.78, 5) is 23.9. The van der Waals surface area contributed by atoms with Crippen LogP contribution in [0.15, 0.2) is 41.0 Å². The number of rotatable bonds is 5. The number of halogens is 1. The molecule has 6 nitrogen and oxygen atoms in total. The van der Waals surface area contributed by atoms with Gasteiger partial charge in [-0.3, -0.25) is 9.59 Å². The zero-order valence-electron chi connectivity index (χ0n) is 16.0. The van der Waals surface area contributed by atoms with E-state index in [0.717, 1.165) is 50.7 Å². The summed E-state index contributed by atoms with van der Waals surface area (Å²) in [6.45, 7) is 3.79. The van der Waals surface area contributed by atoms with Crippen LogP contribution >= 0.6 is 15.9 Å². The maximum absolute atomic E-state index is 12.6. The summed E-state index contributed by atoms with van der Waals surface area (Å²) < 4.78 is 14.1. The highest BCUT2D eigenvalue weighted by Gasteiger charge is 2.15. The number of fused-ring (bicyclic) bond motifs is 2. The van der Waals surface area contributed by atoms with Crippen LogP contribution in [-0.2, 0) is 17.9 Å². The Labute approximate surface area is 176 Å². The van der Waals surface area contributed by atoms with Crippen LogP contribution in [-0.4, -0.2) is 30.0 Å². The zero-order chi connectivity index (χ0) is 20.4. The molecule has 1 aliphatic rings. The number of aldehydes is 1. The lowest BCUT2D eigenvalue weighted by Crippen LogP contribution is -2.27. The van der Waals surface area contributed by atoms with Crippen molar-refractivity contribution in [3.63, 3.8) is 0 Å². The number of hydrogen-bond donors (Lipinski definition) is 1. The molecule has 150 valence electrons. The van der Waals surface area contributed by atoms with Crippen LogP contribution < -0.4 is 14.8 Å². The fraction of sp³-hybridized carbons (Fsp3) is 0.273. The van der Waals surface area contributed by atoms with Crippen LogP contribution in [0.2, 0.25) is 0 Å². The van der Waals surface area contributed by atoms with Crippen LogP contribution in [0.3, 0.4) is 0 Å². The van der Waals surface area contributed by atoms with Gasteiger partial charge in [0.05, 0.1) is 13.2 Å². The summed E-state index contributed by atoms with van der Waals surface area (Å²) >= 11 is 3.42. The first-order chi connectivity index (χ1) is 14.0. The highest BCUT2D eigenvalue weighted by molar-refractivity contribution is 9.10. The number of nitrogens with zero attached hydrogens (tertiary/aromatic N) is 1. The Morgan fingerprint density at radius 3 is 2.72 bits per heavy atom. The van der Waals surface area contributed by atoms with E-state index < -0.39 is 0 Å². The van der Waals surface area contributed by atoms with E-state index in [9.17, 15) is 9.59 Å². The van der Waals surface area contributed by atoms with Crippen molar-refractivity contribution in [3.05, 3.63) is 57.7 Å². The Kier molecular flexibility index (Phi) is 5.58. The molecular formula is C22H21BrN2O4. The van der Waals surface area contributed by atoms with Crippen molar-refractivity contribution in [2.24, 2.45) is 0 Å². The van der Waals surface area contributed by atoms with Gasteiger partial charge in [-0.05, 0) is 48.4 Å². The van der Waals surface area contributed by atoms with Gasteiger partial charge in [0, 0.05) is 40.1 Å². The summed E-state index contributed by atoms with van der Waals surface area (Å²) in [5.74, 6) is 1.34. The molecule has 0 unspecified atom stereocenters. The molecule has 2 heterocycles. The summed E-state index contributed by atoms with van der Waals surface area (Å²) in [5, 5.41) is 3.78. The first kappa shape index (κ1) is 19.5. The second kappa shape index (κ2) is 8.29. The second-order valence-electron chi connectivity index (χ2n) is 7.04. The number of carbonyl (C=O) groups excluding carboxylic acids is 2. The molecule has 0 saturated carbocycles. The van der Waals surface area contributed by atoms with Gasteiger partial charge in [0.15, 0.2) is 17.8 Å². The van der Waals surface area contributed by atoms with E-state index in [1.807, 2.05) is 37.3 Å². The average molecular weight is 457 g/mol. The monoisotopic (exact) mass is 456 g/mol. The minimum absolute atomic E-state index is 0.131. The predicted octanol–water partition coefficient (Wildman–Crippen LogP) is 4.00. The molecule has 0 fully saturated rings. The lowest BCUT2D eigenvalue weighted by molar-refractivity contribution is -0.121. The lowest BCUT2D eigenvalue weighted by Gasteiger charge is -2.13. The average Bonchev–Trinajstić information content (AvgIpc) is 2.87. The van der Waals surface area contributed by atoms with E-state index in [4.69, 9.17) is 9.47 Å². The van der Waals surface area contributed by atoms with Crippen LogP contribution in [0.25, 0.3) is 10.9 Å². The molecule has 0 aliphatic carbocycles. The van der Waals surface area contributed by atoms with Gasteiger partial charge < -0.3 is 19.4 Å². The van der Waals surface area contributed by atoms with Gasteiger partial charge in [-0.25, -0.2) is 0 Å². The number of aryl methyl sites for hydroxylation is 1. The van der Waals surface area contributed by atoms with Crippen molar-refractivity contribution < 1.29 is 19.1 Å². The minimum atomic E-state index is -0.131. The molecule has 0 atom stereocenters. The Balaban J connectivity index is 1.48. The van der Waals surface area contributed by atoms with Crippen LogP contribution in [0.4, 0.5) is 0 Å². The molecule has 4 rings (SSSR count). The number of benzene rings is 2. The summed E-state index contributed by atoms with van der Waals surface area (Å²) in [6, 6.07) is 9.56. The Bertz CT molecular complexity index is 1090. The van der Waals surface area contributed by atoms with Gasteiger partial charge in [0.25, 0.3) is 0 Å². The van der Waals surface area contributed by atoms with Gasteiger partial charge in [0.1, 0.15) is 6.54 Å². The normalized spacial score (nSPS) is 13.2. The Hall–Kier alpha value is -2.80. The number of ether oxygens (including phenoxy) is 2. The topological polar surface area (TPSA) is 69.6 Å². The molecule has 7 heteroatoms. The van der Waals surface area contributed by atoms with Gasteiger partial charge in [-0.15, -0.1) is 0 Å². The third-order valence-corrected chi connectivity index (χ3v) is 5.49. The van der Waals surface area contributed by atoms with Gasteiger partial charge in [-0.2, -0.15) is 0 Å². The predicted molar refractivity (Wildman–Crippen MR) is 114 cm³/mol. The number of amides is 1. The molecular weight excluding hydrogens is 436 g/mol. The molecule has 1 N–H and O–H groups in total. The summed E-state index contributed by atoms with van der Waals surface area (Å²) in [6.07, 6.45) is 3.37. The molecule has 1 aromatic heterocycles. The number of carbonyl (C=O) groups is 2. The number of hydrogen-bond acceptors (Lipinski definition) is 4. The van der Waals surface area contributed by atoms with Gasteiger partial charge in [-0.1, -0.05) is 15.9 Å². The highest BCUT2D eigenvalue weighted by Crippen LogP contribution is 2.32. The van der Waals surface area contributed by atoms with E-state index in [1.54, 1.807) is 10.8 Å². The van der Waals surface area contributed by atoms with Crippen LogP contribution in [0, 0.1) is 6.92 Å². The SMILES string of the molecule is Cc1cc2c(cc1CNC(=O)Cn1cc(C=O)c3cc(Br)ccc31)OCCCO2. The lowest BCUT2D eigenvalue weighted by atomic mass is 10.1. The quantitative estimate of drug-likeness (QED) is 0.589. The molecule has 2 aromatic carbocycles. The van der Waals surface area contributed by atoms with E-state index in [2.05, 4.69) is 21.2 Å². The largest absolute Gasteiger partial charge is 0.490 e. The third-order valence-electron chi connectivity index (χ3n) is 5.00.